The van der Waals surface area contributed by atoms with Gasteiger partial charge in [-0.25, -0.2) is 4.98 Å². The smallest absolute Gasteiger partial charge is 0.255 e. The number of likely N-dealkylation sites (tertiary alicyclic amines) is 1. The minimum atomic E-state index is -0.689. The fourth-order valence-corrected chi connectivity index (χ4v) is 4.26. The number of amides is 1. The van der Waals surface area contributed by atoms with Crippen molar-refractivity contribution in [2.45, 2.75) is 31.5 Å². The lowest BCUT2D eigenvalue weighted by Crippen LogP contribution is -2.60. The highest BCUT2D eigenvalue weighted by Crippen LogP contribution is 2.32. The van der Waals surface area contributed by atoms with Crippen molar-refractivity contribution in [1.29, 1.82) is 0 Å². The minimum Gasteiger partial charge on any atom is -0.497 e. The maximum absolute atomic E-state index is 13.3. The van der Waals surface area contributed by atoms with E-state index in [-0.39, 0.29) is 5.91 Å². The van der Waals surface area contributed by atoms with E-state index in [0.29, 0.717) is 38.4 Å². The van der Waals surface area contributed by atoms with E-state index in [4.69, 9.17) is 14.2 Å². The van der Waals surface area contributed by atoms with Gasteiger partial charge in [-0.15, -0.1) is 0 Å². The standard InChI is InChI=1S/C23H29N3O4/c1-28-20-5-3-4-18(14-20)17-26-12-13-30-23(22(26)27)8-10-25(11-9-23)16-19-6-7-21(29-2)24-15-19/h3-7,14-15H,8-13,16-17H2,1-2H3. The highest BCUT2D eigenvalue weighted by Gasteiger charge is 2.47. The van der Waals surface area contributed by atoms with Gasteiger partial charge in [-0.05, 0) is 36.1 Å². The Bertz CT molecular complexity index is 863. The summed E-state index contributed by atoms with van der Waals surface area (Å²) in [6, 6.07) is 11.8. The van der Waals surface area contributed by atoms with Gasteiger partial charge in [-0.3, -0.25) is 9.69 Å². The number of benzene rings is 1. The molecule has 30 heavy (non-hydrogen) atoms. The van der Waals surface area contributed by atoms with Gasteiger partial charge in [-0.1, -0.05) is 18.2 Å². The van der Waals surface area contributed by atoms with Crippen LogP contribution in [0.3, 0.4) is 0 Å². The summed E-state index contributed by atoms with van der Waals surface area (Å²) in [6.07, 6.45) is 3.27. The Kier molecular flexibility index (Phi) is 6.20. The molecule has 0 saturated carbocycles. The quantitative estimate of drug-likeness (QED) is 0.728. The van der Waals surface area contributed by atoms with Crippen molar-refractivity contribution in [3.8, 4) is 11.6 Å². The Morgan fingerprint density at radius 2 is 1.87 bits per heavy atom. The zero-order valence-corrected chi connectivity index (χ0v) is 17.7. The van der Waals surface area contributed by atoms with Crippen molar-refractivity contribution in [3.05, 3.63) is 53.7 Å². The van der Waals surface area contributed by atoms with Crippen molar-refractivity contribution in [2.24, 2.45) is 0 Å². The predicted molar refractivity (Wildman–Crippen MR) is 112 cm³/mol. The first kappa shape index (κ1) is 20.6. The second-order valence-corrected chi connectivity index (χ2v) is 7.91. The molecule has 0 atom stereocenters. The third-order valence-electron chi connectivity index (χ3n) is 6.00. The van der Waals surface area contributed by atoms with E-state index in [9.17, 15) is 4.79 Å². The number of hydrogen-bond acceptors (Lipinski definition) is 6. The van der Waals surface area contributed by atoms with Gasteiger partial charge in [0.25, 0.3) is 5.91 Å². The van der Waals surface area contributed by atoms with Gasteiger partial charge in [0.15, 0.2) is 0 Å². The first-order valence-corrected chi connectivity index (χ1v) is 10.4. The Balaban J connectivity index is 1.36. The van der Waals surface area contributed by atoms with Gasteiger partial charge in [0.2, 0.25) is 5.88 Å². The summed E-state index contributed by atoms with van der Waals surface area (Å²) in [5, 5.41) is 0. The molecule has 2 aliphatic heterocycles. The number of piperidine rings is 1. The molecule has 160 valence electrons. The van der Waals surface area contributed by atoms with Gasteiger partial charge < -0.3 is 19.1 Å². The summed E-state index contributed by atoms with van der Waals surface area (Å²) in [4.78, 5) is 21.9. The number of morpholine rings is 1. The van der Waals surface area contributed by atoms with Crippen molar-refractivity contribution in [1.82, 2.24) is 14.8 Å². The van der Waals surface area contributed by atoms with Gasteiger partial charge in [-0.2, -0.15) is 0 Å². The Morgan fingerprint density at radius 1 is 1.03 bits per heavy atom. The van der Waals surface area contributed by atoms with E-state index in [1.807, 2.05) is 47.5 Å². The molecule has 1 aromatic carbocycles. The molecule has 0 unspecified atom stereocenters. The lowest BCUT2D eigenvalue weighted by molar-refractivity contribution is -0.180. The number of rotatable bonds is 6. The summed E-state index contributed by atoms with van der Waals surface area (Å²) in [5.41, 5.74) is 1.53. The third-order valence-corrected chi connectivity index (χ3v) is 6.00. The zero-order valence-electron chi connectivity index (χ0n) is 17.7. The lowest BCUT2D eigenvalue weighted by atomic mass is 9.88. The average Bonchev–Trinajstić information content (AvgIpc) is 2.79. The van der Waals surface area contributed by atoms with Crippen LogP contribution in [0.4, 0.5) is 0 Å². The monoisotopic (exact) mass is 411 g/mol. The molecule has 2 saturated heterocycles. The van der Waals surface area contributed by atoms with E-state index >= 15 is 0 Å². The minimum absolute atomic E-state index is 0.113. The highest BCUT2D eigenvalue weighted by atomic mass is 16.5. The molecule has 1 spiro atoms. The third kappa shape index (κ3) is 4.42. The van der Waals surface area contributed by atoms with Crippen LogP contribution in [0.5, 0.6) is 11.6 Å². The van der Waals surface area contributed by atoms with E-state index in [1.165, 1.54) is 0 Å². The Morgan fingerprint density at radius 3 is 2.57 bits per heavy atom. The number of aromatic nitrogens is 1. The number of carbonyl (C=O) groups excluding carboxylic acids is 1. The molecule has 7 nitrogen and oxygen atoms in total. The summed E-state index contributed by atoms with van der Waals surface area (Å²) < 4.78 is 16.5. The molecule has 2 aromatic rings. The van der Waals surface area contributed by atoms with Gasteiger partial charge in [0.1, 0.15) is 11.4 Å². The fraction of sp³-hybridized carbons (Fsp3) is 0.478. The van der Waals surface area contributed by atoms with Gasteiger partial charge >= 0.3 is 0 Å². The van der Waals surface area contributed by atoms with Crippen LogP contribution in [-0.4, -0.2) is 66.8 Å². The van der Waals surface area contributed by atoms with Crippen LogP contribution in [0.25, 0.3) is 0 Å². The maximum atomic E-state index is 13.3. The number of nitrogens with zero attached hydrogens (tertiary/aromatic N) is 3. The molecule has 0 radical (unpaired) electrons. The maximum Gasteiger partial charge on any atom is 0.255 e. The van der Waals surface area contributed by atoms with Crippen LogP contribution in [0.15, 0.2) is 42.6 Å². The molecule has 7 heteroatoms. The molecular weight excluding hydrogens is 382 g/mol. The van der Waals surface area contributed by atoms with Crippen molar-refractivity contribution < 1.29 is 19.0 Å². The SMILES string of the molecule is COc1cccc(CN2CCOC3(CCN(Cc4ccc(OC)nc4)CC3)C2=O)c1. The van der Waals surface area contributed by atoms with Crippen molar-refractivity contribution >= 4 is 5.91 Å². The normalized spacial score (nSPS) is 19.1. The van der Waals surface area contributed by atoms with Crippen LogP contribution in [-0.2, 0) is 22.6 Å². The van der Waals surface area contributed by atoms with Gasteiger partial charge in [0.05, 0.1) is 20.8 Å². The van der Waals surface area contributed by atoms with Crippen molar-refractivity contribution in [3.63, 3.8) is 0 Å². The molecule has 3 heterocycles. The molecular formula is C23H29N3O4. The highest BCUT2D eigenvalue weighted by molar-refractivity contribution is 5.86. The molecule has 0 bridgehead atoms. The summed E-state index contributed by atoms with van der Waals surface area (Å²) in [5.74, 6) is 1.54. The molecule has 1 aromatic heterocycles. The first-order chi connectivity index (χ1) is 14.6. The first-order valence-electron chi connectivity index (χ1n) is 10.4. The molecule has 2 fully saturated rings. The van der Waals surface area contributed by atoms with Crippen LogP contribution >= 0.6 is 0 Å². The van der Waals surface area contributed by atoms with E-state index in [0.717, 1.165) is 36.5 Å². The topological polar surface area (TPSA) is 64.1 Å². The number of hydrogen-bond donors (Lipinski definition) is 0. The Labute approximate surface area is 177 Å². The number of carbonyl (C=O) groups is 1. The summed E-state index contributed by atoms with van der Waals surface area (Å²) in [7, 11) is 3.27. The van der Waals surface area contributed by atoms with E-state index in [2.05, 4.69) is 9.88 Å². The van der Waals surface area contributed by atoms with Crippen molar-refractivity contribution in [2.75, 3.05) is 40.5 Å². The Hall–Kier alpha value is -2.64. The largest absolute Gasteiger partial charge is 0.497 e. The van der Waals surface area contributed by atoms with Gasteiger partial charge in [0, 0.05) is 45.0 Å². The van der Waals surface area contributed by atoms with Crippen LogP contribution in [0.1, 0.15) is 24.0 Å². The predicted octanol–water partition coefficient (Wildman–Crippen LogP) is 2.49. The number of pyridine rings is 1. The zero-order chi connectivity index (χ0) is 21.0. The average molecular weight is 412 g/mol. The molecule has 0 N–H and O–H groups in total. The van der Waals surface area contributed by atoms with Crippen LogP contribution < -0.4 is 9.47 Å². The van der Waals surface area contributed by atoms with E-state index < -0.39 is 5.60 Å². The fourth-order valence-electron chi connectivity index (χ4n) is 4.26. The summed E-state index contributed by atoms with van der Waals surface area (Å²) >= 11 is 0. The second kappa shape index (κ2) is 9.02. The molecule has 2 aliphatic rings. The number of methoxy groups -OCH3 is 2. The lowest BCUT2D eigenvalue weighted by Gasteiger charge is -2.46. The molecule has 0 aliphatic carbocycles. The number of ether oxygens (including phenoxy) is 3. The van der Waals surface area contributed by atoms with Crippen LogP contribution in [0, 0.1) is 0 Å². The van der Waals surface area contributed by atoms with Crippen LogP contribution in [0.2, 0.25) is 0 Å². The second-order valence-electron chi connectivity index (χ2n) is 7.91. The summed E-state index contributed by atoms with van der Waals surface area (Å²) in [6.45, 7) is 4.25. The van der Waals surface area contributed by atoms with E-state index in [1.54, 1.807) is 14.2 Å². The molecule has 4 rings (SSSR count). The molecule has 1 amide bonds.